The van der Waals surface area contributed by atoms with E-state index < -0.39 is 0 Å². The van der Waals surface area contributed by atoms with Crippen LogP contribution in [0.3, 0.4) is 0 Å². The highest BCUT2D eigenvalue weighted by atomic mass is 35.5. The lowest BCUT2D eigenvalue weighted by Crippen LogP contribution is -2.30. The summed E-state index contributed by atoms with van der Waals surface area (Å²) < 4.78 is 6.09. The molecule has 0 spiro atoms. The van der Waals surface area contributed by atoms with Crippen molar-refractivity contribution in [1.82, 2.24) is 9.80 Å². The normalized spacial score (nSPS) is 18.5. The van der Waals surface area contributed by atoms with Gasteiger partial charge in [0.05, 0.1) is 16.7 Å². The number of hydrogen-bond acceptors (Lipinski definition) is 8. The molecule has 6 rings (SSSR count). The van der Waals surface area contributed by atoms with Gasteiger partial charge in [-0.15, -0.1) is 0 Å². The van der Waals surface area contributed by atoms with Gasteiger partial charge in [0.25, 0.3) is 0 Å². The van der Waals surface area contributed by atoms with Crippen LogP contribution in [0.15, 0.2) is 60.7 Å². The highest BCUT2D eigenvalue weighted by Crippen LogP contribution is 2.45. The van der Waals surface area contributed by atoms with Gasteiger partial charge in [-0.05, 0) is 115 Å². The number of nitrogens with zero attached hydrogens (tertiary/aromatic N) is 2. The number of phenolic OH excluding ortho intramolecular Hbond substituents is 5. The monoisotopic (exact) mass is 692 g/mol. The number of likely N-dealkylation sites (N-methyl/N-ethyl adjacent to an activating group) is 1. The summed E-state index contributed by atoms with van der Waals surface area (Å²) in [4.78, 5) is 4.64. The Morgan fingerprint density at radius 2 is 1.23 bits per heavy atom. The fourth-order valence-electron chi connectivity index (χ4n) is 7.10. The van der Waals surface area contributed by atoms with E-state index in [0.29, 0.717) is 19.4 Å². The molecule has 2 atom stereocenters. The number of ether oxygens (including phenoxy) is 1. The lowest BCUT2D eigenvalue weighted by atomic mass is 9.87. The number of halogens is 2. The molecule has 0 unspecified atom stereocenters. The molecule has 0 amide bonds. The smallest absolute Gasteiger partial charge is 0.176 e. The van der Waals surface area contributed by atoms with E-state index in [-0.39, 0.29) is 50.6 Å². The Bertz CT molecular complexity index is 1750. The zero-order chi connectivity index (χ0) is 33.9. The van der Waals surface area contributed by atoms with Crippen LogP contribution in [0.4, 0.5) is 0 Å². The maximum Gasteiger partial charge on any atom is 0.176 e. The molecule has 4 aromatic carbocycles. The summed E-state index contributed by atoms with van der Waals surface area (Å²) in [5.41, 5.74) is 5.68. The summed E-state index contributed by atoms with van der Waals surface area (Å²) in [5, 5.41) is 51.5. The second kappa shape index (κ2) is 14.7. The van der Waals surface area contributed by atoms with E-state index in [4.69, 9.17) is 27.9 Å². The molecule has 0 bridgehead atoms. The largest absolute Gasteiger partial charge is 0.508 e. The third-order valence-corrected chi connectivity index (χ3v) is 10.6. The Morgan fingerprint density at radius 3 is 1.83 bits per heavy atom. The Hall–Kier alpha value is -3.82. The second-order valence-electron chi connectivity index (χ2n) is 13.0. The van der Waals surface area contributed by atoms with Crippen molar-refractivity contribution in [3.63, 3.8) is 0 Å². The van der Waals surface area contributed by atoms with Crippen LogP contribution in [0.2, 0.25) is 10.0 Å². The quantitative estimate of drug-likeness (QED) is 0.0912. The molecule has 0 saturated heterocycles. The van der Waals surface area contributed by atoms with Crippen molar-refractivity contribution in [1.29, 1.82) is 0 Å². The van der Waals surface area contributed by atoms with E-state index in [1.807, 2.05) is 24.3 Å². The number of rotatable bonds is 9. The summed E-state index contributed by atoms with van der Waals surface area (Å²) in [7, 11) is 2.07. The lowest BCUT2D eigenvalue weighted by Gasteiger charge is -2.25. The van der Waals surface area contributed by atoms with Gasteiger partial charge in [-0.3, -0.25) is 0 Å². The van der Waals surface area contributed by atoms with Crippen molar-refractivity contribution in [2.45, 2.75) is 43.9 Å². The molecule has 2 aliphatic rings. The Kier molecular flexibility index (Phi) is 10.5. The van der Waals surface area contributed by atoms with Crippen LogP contribution in [0.1, 0.15) is 64.5 Å². The topological polar surface area (TPSA) is 117 Å². The van der Waals surface area contributed by atoms with Gasteiger partial charge < -0.3 is 40.1 Å². The van der Waals surface area contributed by atoms with Crippen LogP contribution in [0.25, 0.3) is 0 Å². The fourth-order valence-corrected chi connectivity index (χ4v) is 7.70. The first-order valence-electron chi connectivity index (χ1n) is 16.5. The zero-order valence-corrected chi connectivity index (χ0v) is 28.5. The van der Waals surface area contributed by atoms with E-state index in [0.717, 1.165) is 91.1 Å². The molecule has 254 valence electrons. The van der Waals surface area contributed by atoms with Gasteiger partial charge in [0.2, 0.25) is 0 Å². The van der Waals surface area contributed by atoms with Crippen LogP contribution in [0.5, 0.6) is 34.5 Å². The molecule has 0 aromatic heterocycles. The number of unbranched alkanes of at least 4 members (excludes halogenated alkanes) is 2. The van der Waals surface area contributed by atoms with Gasteiger partial charge in [-0.2, -0.15) is 0 Å². The van der Waals surface area contributed by atoms with E-state index in [9.17, 15) is 25.5 Å². The molecule has 5 N–H and O–H groups in total. The van der Waals surface area contributed by atoms with Crippen molar-refractivity contribution in [3.05, 3.63) is 104 Å². The maximum atomic E-state index is 10.4. The molecule has 0 aliphatic carbocycles. The number of aromatic hydroxyl groups is 5. The average molecular weight is 694 g/mol. The van der Waals surface area contributed by atoms with Gasteiger partial charge in [0.15, 0.2) is 23.0 Å². The number of phenols is 5. The highest BCUT2D eigenvalue weighted by Gasteiger charge is 2.29. The zero-order valence-electron chi connectivity index (χ0n) is 27.0. The molecule has 10 heteroatoms. The third-order valence-electron chi connectivity index (χ3n) is 9.79. The average Bonchev–Trinajstić information content (AvgIpc) is 3.36. The summed E-state index contributed by atoms with van der Waals surface area (Å²) in [6.07, 6.45) is 4.26. The van der Waals surface area contributed by atoms with Crippen LogP contribution < -0.4 is 4.74 Å². The van der Waals surface area contributed by atoms with Crippen molar-refractivity contribution >= 4 is 23.2 Å². The van der Waals surface area contributed by atoms with E-state index in [2.05, 4.69) is 29.0 Å². The summed E-state index contributed by atoms with van der Waals surface area (Å²) in [5.74, 6) is -0.0328. The number of hydrogen-bond donors (Lipinski definition) is 5. The van der Waals surface area contributed by atoms with Crippen molar-refractivity contribution in [2.24, 2.45) is 0 Å². The van der Waals surface area contributed by atoms with Gasteiger partial charge >= 0.3 is 0 Å². The van der Waals surface area contributed by atoms with E-state index >= 15 is 0 Å². The van der Waals surface area contributed by atoms with Crippen LogP contribution >= 0.6 is 23.2 Å². The predicted molar refractivity (Wildman–Crippen MR) is 188 cm³/mol. The summed E-state index contributed by atoms with van der Waals surface area (Å²) in [6, 6.07) is 18.5. The SMILES string of the molecule is CN1CCc2c(cc(O)c(O)c2Cl)[C@@H](c2ccc(OCCCCCN3CCc4c(cc(O)c(O)c4Cl)[C@@H](c4ccc(O)cc4)C3)cc2)C1. The highest BCUT2D eigenvalue weighted by molar-refractivity contribution is 6.33. The molecule has 4 aromatic rings. The van der Waals surface area contributed by atoms with Gasteiger partial charge in [0.1, 0.15) is 11.5 Å². The first-order valence-corrected chi connectivity index (χ1v) is 17.2. The molecule has 0 saturated carbocycles. The van der Waals surface area contributed by atoms with Crippen molar-refractivity contribution in [2.75, 3.05) is 46.4 Å². The minimum Gasteiger partial charge on any atom is -0.508 e. The van der Waals surface area contributed by atoms with Crippen molar-refractivity contribution < 1.29 is 30.3 Å². The first-order chi connectivity index (χ1) is 23.1. The van der Waals surface area contributed by atoms with Gasteiger partial charge in [-0.1, -0.05) is 47.5 Å². The van der Waals surface area contributed by atoms with Gasteiger partial charge in [-0.25, -0.2) is 0 Å². The molecule has 2 aliphatic heterocycles. The standard InChI is InChI=1S/C38H42Cl2N2O6/c1-41-16-13-27-29(19-33(44)37(46)35(27)39)31(21-41)24-7-11-26(12-8-24)48-18-4-2-3-15-42-17-14-28-30(20-34(45)38(47)36(28)40)32(22-42)23-5-9-25(43)10-6-23/h5-12,19-20,31-32,43-47H,2-4,13-18,21-22H2,1H3/t31-,32-/m1/s1. The van der Waals surface area contributed by atoms with Gasteiger partial charge in [0, 0.05) is 38.0 Å². The summed E-state index contributed by atoms with van der Waals surface area (Å²) >= 11 is 13.0. The second-order valence-corrected chi connectivity index (χ2v) is 13.7. The summed E-state index contributed by atoms with van der Waals surface area (Å²) in [6.45, 7) is 4.58. The maximum absolute atomic E-state index is 10.4. The van der Waals surface area contributed by atoms with Crippen LogP contribution in [0, 0.1) is 0 Å². The first kappa shape index (κ1) is 34.1. The van der Waals surface area contributed by atoms with Crippen molar-refractivity contribution in [3.8, 4) is 34.5 Å². The minimum atomic E-state index is -0.281. The number of fused-ring (bicyclic) bond motifs is 2. The number of benzene rings is 4. The molecule has 0 radical (unpaired) electrons. The lowest BCUT2D eigenvalue weighted by molar-refractivity contribution is 0.260. The Morgan fingerprint density at radius 1 is 0.688 bits per heavy atom. The van der Waals surface area contributed by atoms with E-state index in [1.165, 1.54) is 0 Å². The minimum absolute atomic E-state index is 0.00151. The molecule has 0 fully saturated rings. The molecule has 48 heavy (non-hydrogen) atoms. The van der Waals surface area contributed by atoms with E-state index in [1.54, 1.807) is 24.3 Å². The Balaban J connectivity index is 1.03. The Labute approximate surface area is 291 Å². The molecular formula is C38H42Cl2N2O6. The molecule has 8 nitrogen and oxygen atoms in total. The predicted octanol–water partition coefficient (Wildman–Crippen LogP) is 7.38. The molecule has 2 heterocycles. The fraction of sp³-hybridized carbons (Fsp3) is 0.368. The third kappa shape index (κ3) is 7.27. The van der Waals surface area contributed by atoms with Crippen LogP contribution in [-0.2, 0) is 12.8 Å². The molecular weight excluding hydrogens is 651 g/mol. The van der Waals surface area contributed by atoms with Crippen LogP contribution in [-0.4, -0.2) is 81.7 Å².